The summed E-state index contributed by atoms with van der Waals surface area (Å²) in [6, 6.07) is 2.80. The van der Waals surface area contributed by atoms with Crippen LogP contribution < -0.4 is 5.32 Å². The van der Waals surface area contributed by atoms with Crippen molar-refractivity contribution in [3.63, 3.8) is 0 Å². The molecule has 0 saturated heterocycles. The maximum absolute atomic E-state index is 8.73. The molecule has 0 spiro atoms. The van der Waals surface area contributed by atoms with Crippen molar-refractivity contribution in [2.45, 2.75) is 46.1 Å². The summed E-state index contributed by atoms with van der Waals surface area (Å²) in [5.41, 5.74) is 1.48. The van der Waals surface area contributed by atoms with Crippen LogP contribution >= 0.6 is 11.3 Å². The Labute approximate surface area is 103 Å². The highest BCUT2D eigenvalue weighted by atomic mass is 32.1. The Morgan fingerprint density at radius 2 is 2.19 bits per heavy atom. The van der Waals surface area contributed by atoms with Crippen LogP contribution in [0.4, 0.5) is 0 Å². The molecule has 0 amide bonds. The molecule has 0 aliphatic heterocycles. The Kier molecular flexibility index (Phi) is 6.03. The fraction of sp³-hybridized carbons (Fsp3) is 0.692. The average Bonchev–Trinajstić information content (AvgIpc) is 2.55. The molecule has 92 valence electrons. The molecule has 16 heavy (non-hydrogen) atoms. The summed E-state index contributed by atoms with van der Waals surface area (Å²) in [6.07, 6.45) is 3.06. The normalized spacial score (nSPS) is 13.0. The number of aliphatic hydroxyl groups is 1. The first-order valence-electron chi connectivity index (χ1n) is 6.03. The number of hydrogen-bond acceptors (Lipinski definition) is 3. The van der Waals surface area contributed by atoms with Crippen molar-refractivity contribution in [1.82, 2.24) is 5.32 Å². The zero-order valence-electron chi connectivity index (χ0n) is 10.5. The molecule has 1 aromatic rings. The van der Waals surface area contributed by atoms with Gasteiger partial charge in [-0.2, -0.15) is 0 Å². The van der Waals surface area contributed by atoms with Gasteiger partial charge in [0.1, 0.15) is 0 Å². The van der Waals surface area contributed by atoms with E-state index in [9.17, 15) is 0 Å². The number of hydrogen-bond donors (Lipinski definition) is 2. The first-order chi connectivity index (χ1) is 7.63. The second-order valence-electron chi connectivity index (χ2n) is 4.41. The van der Waals surface area contributed by atoms with Crippen LogP contribution in [0, 0.1) is 13.8 Å². The van der Waals surface area contributed by atoms with Crippen molar-refractivity contribution in [3.05, 3.63) is 21.4 Å². The maximum Gasteiger partial charge on any atom is 0.0431 e. The predicted octanol–water partition coefficient (Wildman–Crippen LogP) is 2.66. The van der Waals surface area contributed by atoms with E-state index in [1.165, 1.54) is 15.3 Å². The van der Waals surface area contributed by atoms with Crippen LogP contribution in [0.3, 0.4) is 0 Å². The van der Waals surface area contributed by atoms with E-state index in [4.69, 9.17) is 5.11 Å². The number of aryl methyl sites for hydroxylation is 2. The van der Waals surface area contributed by atoms with Gasteiger partial charge in [0.15, 0.2) is 0 Å². The number of rotatable bonds is 7. The van der Waals surface area contributed by atoms with Gasteiger partial charge >= 0.3 is 0 Å². The third kappa shape index (κ3) is 4.64. The summed E-state index contributed by atoms with van der Waals surface area (Å²) in [7, 11) is 0. The lowest BCUT2D eigenvalue weighted by molar-refractivity contribution is 0.276. The lowest BCUT2D eigenvalue weighted by Crippen LogP contribution is -2.28. The van der Waals surface area contributed by atoms with E-state index < -0.39 is 0 Å². The number of aliphatic hydroxyl groups excluding tert-OH is 1. The molecule has 0 radical (unpaired) electrons. The molecule has 2 nitrogen and oxygen atoms in total. The molecule has 0 aliphatic carbocycles. The largest absolute Gasteiger partial charge is 0.396 e. The summed E-state index contributed by atoms with van der Waals surface area (Å²) in [6.45, 7) is 7.88. The van der Waals surface area contributed by atoms with Crippen molar-refractivity contribution in [2.75, 3.05) is 13.2 Å². The summed E-state index contributed by atoms with van der Waals surface area (Å²) in [5, 5.41) is 12.2. The van der Waals surface area contributed by atoms with E-state index in [-0.39, 0.29) is 0 Å². The molecule has 0 fully saturated rings. The Morgan fingerprint density at radius 1 is 1.44 bits per heavy atom. The van der Waals surface area contributed by atoms with E-state index in [2.05, 4.69) is 32.2 Å². The highest BCUT2D eigenvalue weighted by Gasteiger charge is 2.04. The van der Waals surface area contributed by atoms with Crippen LogP contribution in [0.15, 0.2) is 6.07 Å². The lowest BCUT2D eigenvalue weighted by atomic mass is 10.1. The second kappa shape index (κ2) is 7.05. The third-order valence-corrected chi connectivity index (χ3v) is 3.83. The molecule has 0 saturated carbocycles. The van der Waals surface area contributed by atoms with Crippen LogP contribution in [0.1, 0.15) is 35.1 Å². The van der Waals surface area contributed by atoms with Crippen LogP contribution in [0.5, 0.6) is 0 Å². The van der Waals surface area contributed by atoms with Gasteiger partial charge in [-0.05, 0) is 58.2 Å². The monoisotopic (exact) mass is 241 g/mol. The fourth-order valence-corrected chi connectivity index (χ4v) is 2.86. The molecule has 0 aliphatic rings. The van der Waals surface area contributed by atoms with E-state index in [0.29, 0.717) is 12.6 Å². The molecule has 2 N–H and O–H groups in total. The molecule has 1 rings (SSSR count). The van der Waals surface area contributed by atoms with Gasteiger partial charge in [-0.1, -0.05) is 0 Å². The summed E-state index contributed by atoms with van der Waals surface area (Å²) in [5.74, 6) is 0. The van der Waals surface area contributed by atoms with Crippen molar-refractivity contribution < 1.29 is 5.11 Å². The van der Waals surface area contributed by atoms with Gasteiger partial charge in [0, 0.05) is 22.4 Å². The van der Waals surface area contributed by atoms with Crippen molar-refractivity contribution in [3.8, 4) is 0 Å². The highest BCUT2D eigenvalue weighted by molar-refractivity contribution is 7.12. The van der Waals surface area contributed by atoms with Crippen molar-refractivity contribution >= 4 is 11.3 Å². The molecule has 3 heteroatoms. The molecule has 1 aromatic heterocycles. The topological polar surface area (TPSA) is 32.3 Å². The van der Waals surface area contributed by atoms with Gasteiger partial charge in [0.05, 0.1) is 0 Å². The molecule has 1 heterocycles. The number of nitrogens with one attached hydrogen (secondary N) is 1. The maximum atomic E-state index is 8.73. The Morgan fingerprint density at radius 3 is 2.75 bits per heavy atom. The first kappa shape index (κ1) is 13.7. The quantitative estimate of drug-likeness (QED) is 0.769. The minimum absolute atomic E-state index is 0.300. The highest BCUT2D eigenvalue weighted by Crippen LogP contribution is 2.20. The van der Waals surface area contributed by atoms with Gasteiger partial charge in [0.25, 0.3) is 0 Å². The lowest BCUT2D eigenvalue weighted by Gasteiger charge is -2.12. The van der Waals surface area contributed by atoms with Gasteiger partial charge in [0.2, 0.25) is 0 Å². The zero-order chi connectivity index (χ0) is 12.0. The first-order valence-corrected chi connectivity index (χ1v) is 6.85. The summed E-state index contributed by atoms with van der Waals surface area (Å²) < 4.78 is 0. The Bertz CT molecular complexity index is 309. The van der Waals surface area contributed by atoms with Crippen LogP contribution in [-0.2, 0) is 6.42 Å². The Balaban J connectivity index is 2.22. The Hall–Kier alpha value is -0.380. The second-order valence-corrected chi connectivity index (χ2v) is 5.87. The SMILES string of the molecule is Cc1cc(CCNC(C)CCCO)c(C)s1. The molecule has 1 atom stereocenters. The molecular formula is C13H23NOS. The fourth-order valence-electron chi connectivity index (χ4n) is 1.88. The van der Waals surface area contributed by atoms with Gasteiger partial charge in [-0.25, -0.2) is 0 Å². The predicted molar refractivity (Wildman–Crippen MR) is 71.3 cm³/mol. The van der Waals surface area contributed by atoms with Crippen LogP contribution in [-0.4, -0.2) is 24.3 Å². The standard InChI is InChI=1S/C13H23NOS/c1-10(5-4-8-15)14-7-6-13-9-11(2)16-12(13)3/h9-10,14-15H,4-8H2,1-3H3. The van der Waals surface area contributed by atoms with E-state index >= 15 is 0 Å². The van der Waals surface area contributed by atoms with Crippen molar-refractivity contribution in [2.24, 2.45) is 0 Å². The van der Waals surface area contributed by atoms with E-state index in [1.54, 1.807) is 0 Å². The molecule has 1 unspecified atom stereocenters. The molecule has 0 aromatic carbocycles. The van der Waals surface area contributed by atoms with Gasteiger partial charge in [-0.15, -0.1) is 11.3 Å². The minimum Gasteiger partial charge on any atom is -0.396 e. The van der Waals surface area contributed by atoms with Crippen LogP contribution in [0.25, 0.3) is 0 Å². The average molecular weight is 241 g/mol. The van der Waals surface area contributed by atoms with Gasteiger partial charge < -0.3 is 10.4 Å². The smallest absolute Gasteiger partial charge is 0.0431 e. The minimum atomic E-state index is 0.300. The van der Waals surface area contributed by atoms with Crippen LogP contribution in [0.2, 0.25) is 0 Å². The van der Waals surface area contributed by atoms with E-state index in [0.717, 1.165) is 25.8 Å². The van der Waals surface area contributed by atoms with Gasteiger partial charge in [-0.3, -0.25) is 0 Å². The zero-order valence-corrected chi connectivity index (χ0v) is 11.4. The number of thiophene rings is 1. The van der Waals surface area contributed by atoms with E-state index in [1.807, 2.05) is 11.3 Å². The molecule has 0 bridgehead atoms. The third-order valence-electron chi connectivity index (χ3n) is 2.83. The summed E-state index contributed by atoms with van der Waals surface area (Å²) in [4.78, 5) is 2.85. The van der Waals surface area contributed by atoms with Crippen molar-refractivity contribution in [1.29, 1.82) is 0 Å². The summed E-state index contributed by atoms with van der Waals surface area (Å²) >= 11 is 1.88. The molecular weight excluding hydrogens is 218 g/mol.